The number of furan rings is 1. The van der Waals surface area contributed by atoms with Crippen LogP contribution in [0.25, 0.3) is 121 Å². The zero-order valence-corrected chi connectivity index (χ0v) is 31.8. The number of aromatic nitrogens is 3. The lowest BCUT2D eigenvalue weighted by molar-refractivity contribution is 0.669. The predicted octanol–water partition coefficient (Wildman–Crippen LogP) is 14.7. The van der Waals surface area contributed by atoms with Gasteiger partial charge in [-0.1, -0.05) is 158 Å². The van der Waals surface area contributed by atoms with Crippen LogP contribution in [-0.2, 0) is 0 Å². The van der Waals surface area contributed by atoms with Crippen LogP contribution in [0.1, 0.15) is 0 Å². The largest absolute Gasteiger partial charge is 0.456 e. The van der Waals surface area contributed by atoms with Crippen molar-refractivity contribution in [3.63, 3.8) is 0 Å². The van der Waals surface area contributed by atoms with Crippen molar-refractivity contribution < 1.29 is 4.42 Å². The Morgan fingerprint density at radius 2 is 0.797 bits per heavy atom. The van der Waals surface area contributed by atoms with E-state index in [9.17, 15) is 0 Å². The van der Waals surface area contributed by atoms with Gasteiger partial charge in [-0.3, -0.25) is 0 Å². The first-order chi connectivity index (χ1) is 29.2. The second-order valence-electron chi connectivity index (χ2n) is 15.2. The Morgan fingerprint density at radius 3 is 1.51 bits per heavy atom. The van der Waals surface area contributed by atoms with Crippen molar-refractivity contribution in [2.45, 2.75) is 0 Å². The van der Waals surface area contributed by atoms with Crippen LogP contribution < -0.4 is 0 Å². The Kier molecular flexibility index (Phi) is 7.50. The fourth-order valence-corrected chi connectivity index (χ4v) is 8.74. The predicted molar refractivity (Wildman–Crippen MR) is 244 cm³/mol. The van der Waals surface area contributed by atoms with Crippen molar-refractivity contribution >= 4 is 65.0 Å². The summed E-state index contributed by atoms with van der Waals surface area (Å²) in [5.41, 5.74) is 8.87. The van der Waals surface area contributed by atoms with Crippen LogP contribution in [0, 0.1) is 0 Å². The number of hydrogen-bond acceptors (Lipinski definition) is 4. The molecule has 0 N–H and O–H groups in total. The van der Waals surface area contributed by atoms with Crippen LogP contribution in [0.2, 0.25) is 0 Å². The lowest BCUT2D eigenvalue weighted by atomic mass is 9.93. The Balaban J connectivity index is 1.10. The van der Waals surface area contributed by atoms with E-state index in [2.05, 4.69) is 188 Å². The molecule has 0 radical (unpaired) electrons. The van der Waals surface area contributed by atoms with Crippen LogP contribution in [0.15, 0.2) is 205 Å². The minimum absolute atomic E-state index is 0.588. The van der Waals surface area contributed by atoms with Gasteiger partial charge < -0.3 is 4.42 Å². The molecule has 0 saturated heterocycles. The van der Waals surface area contributed by atoms with Crippen molar-refractivity contribution in [1.29, 1.82) is 0 Å². The van der Waals surface area contributed by atoms with E-state index in [4.69, 9.17) is 19.4 Å². The first-order valence-corrected chi connectivity index (χ1v) is 19.9. The quantitative estimate of drug-likeness (QED) is 0.164. The first kappa shape index (κ1) is 33.2. The molecule has 4 nitrogen and oxygen atoms in total. The molecule has 59 heavy (non-hydrogen) atoms. The van der Waals surface area contributed by atoms with Gasteiger partial charge in [0.25, 0.3) is 0 Å². The van der Waals surface area contributed by atoms with Gasteiger partial charge in [-0.05, 0) is 108 Å². The van der Waals surface area contributed by atoms with E-state index >= 15 is 0 Å². The van der Waals surface area contributed by atoms with E-state index in [1.165, 1.54) is 38.1 Å². The van der Waals surface area contributed by atoms with Gasteiger partial charge >= 0.3 is 0 Å². The zero-order valence-electron chi connectivity index (χ0n) is 31.8. The molecule has 0 spiro atoms. The lowest BCUT2D eigenvalue weighted by Crippen LogP contribution is -2.01. The molecule has 0 aliphatic carbocycles. The molecular formula is C55H33N3O. The average molecular weight is 752 g/mol. The molecule has 274 valence electrons. The number of nitrogens with zero attached hydrogens (tertiary/aromatic N) is 3. The van der Waals surface area contributed by atoms with Crippen molar-refractivity contribution in [2.75, 3.05) is 0 Å². The van der Waals surface area contributed by atoms with Crippen LogP contribution in [0.5, 0.6) is 0 Å². The van der Waals surface area contributed by atoms with Gasteiger partial charge in [0.15, 0.2) is 17.5 Å². The highest BCUT2D eigenvalue weighted by Crippen LogP contribution is 2.43. The molecule has 10 aromatic carbocycles. The second kappa shape index (κ2) is 13.3. The van der Waals surface area contributed by atoms with E-state index in [0.29, 0.717) is 17.5 Å². The highest BCUT2D eigenvalue weighted by molar-refractivity contribution is 6.15. The van der Waals surface area contributed by atoms with E-state index < -0.39 is 0 Å². The molecule has 12 aromatic rings. The highest BCUT2D eigenvalue weighted by Gasteiger charge is 2.22. The van der Waals surface area contributed by atoms with Crippen LogP contribution >= 0.6 is 0 Å². The molecule has 2 aromatic heterocycles. The highest BCUT2D eigenvalue weighted by atomic mass is 16.3. The molecule has 0 aliphatic rings. The standard InChI is InChI=1S/C55H33N3O/c1-2-10-34(11-3-1)39-24-26-45-40(31-39)21-22-41-33-44(25-27-46(41)45)54-56-53(43-23-19-36-13-5-7-15-38(36)32-43)57-55(58-54)52-47(42-20-18-35-12-4-6-14-37(35)30-42)28-29-50-51(52)48-16-8-9-17-49(48)59-50/h1-33H. The van der Waals surface area contributed by atoms with Crippen LogP contribution in [0.4, 0.5) is 0 Å². The molecule has 0 aliphatic heterocycles. The maximum Gasteiger partial charge on any atom is 0.165 e. The zero-order chi connectivity index (χ0) is 38.9. The fraction of sp³-hybridized carbons (Fsp3) is 0. The Hall–Kier alpha value is -7.95. The number of rotatable bonds is 5. The van der Waals surface area contributed by atoms with E-state index in [-0.39, 0.29) is 0 Å². The van der Waals surface area contributed by atoms with Gasteiger partial charge in [-0.15, -0.1) is 0 Å². The number of para-hydroxylation sites is 1. The summed E-state index contributed by atoms with van der Waals surface area (Å²) in [6.45, 7) is 0. The van der Waals surface area contributed by atoms with Crippen molar-refractivity contribution in [3.05, 3.63) is 200 Å². The molecular weight excluding hydrogens is 719 g/mol. The van der Waals surface area contributed by atoms with Gasteiger partial charge in [-0.25, -0.2) is 15.0 Å². The summed E-state index contributed by atoms with van der Waals surface area (Å²) >= 11 is 0. The van der Waals surface area contributed by atoms with Crippen molar-refractivity contribution in [3.8, 4) is 56.4 Å². The van der Waals surface area contributed by atoms with Gasteiger partial charge in [0.1, 0.15) is 11.2 Å². The Bertz CT molecular complexity index is 3620. The summed E-state index contributed by atoms with van der Waals surface area (Å²) in [6, 6.07) is 70.6. The maximum atomic E-state index is 6.50. The van der Waals surface area contributed by atoms with Gasteiger partial charge in [0, 0.05) is 27.5 Å². The lowest BCUT2D eigenvalue weighted by Gasteiger charge is -2.14. The van der Waals surface area contributed by atoms with Gasteiger partial charge in [0.2, 0.25) is 0 Å². The van der Waals surface area contributed by atoms with E-state index in [0.717, 1.165) is 65.9 Å². The summed E-state index contributed by atoms with van der Waals surface area (Å²) in [5, 5.41) is 11.4. The van der Waals surface area contributed by atoms with Crippen LogP contribution in [-0.4, -0.2) is 15.0 Å². The van der Waals surface area contributed by atoms with E-state index in [1.807, 2.05) is 12.1 Å². The van der Waals surface area contributed by atoms with E-state index in [1.54, 1.807) is 0 Å². The third-order valence-corrected chi connectivity index (χ3v) is 11.7. The van der Waals surface area contributed by atoms with Crippen molar-refractivity contribution in [1.82, 2.24) is 15.0 Å². The summed E-state index contributed by atoms with van der Waals surface area (Å²) in [7, 11) is 0. The molecule has 0 amide bonds. The summed E-state index contributed by atoms with van der Waals surface area (Å²) in [5.74, 6) is 1.80. The minimum Gasteiger partial charge on any atom is -0.456 e. The molecule has 0 fully saturated rings. The first-order valence-electron chi connectivity index (χ1n) is 19.9. The molecule has 4 heteroatoms. The number of benzene rings is 10. The third kappa shape index (κ3) is 5.65. The van der Waals surface area contributed by atoms with Crippen LogP contribution in [0.3, 0.4) is 0 Å². The van der Waals surface area contributed by atoms with Crippen molar-refractivity contribution in [2.24, 2.45) is 0 Å². The number of hydrogen-bond donors (Lipinski definition) is 0. The molecule has 0 unspecified atom stereocenters. The smallest absolute Gasteiger partial charge is 0.165 e. The van der Waals surface area contributed by atoms with Gasteiger partial charge in [-0.2, -0.15) is 0 Å². The summed E-state index contributed by atoms with van der Waals surface area (Å²) in [6.07, 6.45) is 0. The Labute approximate surface area is 339 Å². The molecule has 2 heterocycles. The fourth-order valence-electron chi connectivity index (χ4n) is 8.74. The average Bonchev–Trinajstić information content (AvgIpc) is 3.69. The second-order valence-corrected chi connectivity index (χ2v) is 15.2. The summed E-state index contributed by atoms with van der Waals surface area (Å²) in [4.78, 5) is 16.0. The number of fused-ring (bicyclic) bond motifs is 8. The molecule has 12 rings (SSSR count). The minimum atomic E-state index is 0.588. The molecule has 0 atom stereocenters. The molecule has 0 saturated carbocycles. The topological polar surface area (TPSA) is 51.8 Å². The van der Waals surface area contributed by atoms with Gasteiger partial charge in [0.05, 0.1) is 0 Å². The SMILES string of the molecule is c1ccc(-c2ccc3c(ccc4cc(-c5nc(-c6ccc7ccccc7c6)nc(-c6c(-c7ccc8ccccc8c7)ccc7oc8ccccc8c67)n5)ccc43)c2)cc1. The maximum absolute atomic E-state index is 6.50. The monoisotopic (exact) mass is 751 g/mol. The normalized spacial score (nSPS) is 11.7. The Morgan fingerprint density at radius 1 is 0.288 bits per heavy atom. The molecule has 0 bridgehead atoms. The summed E-state index contributed by atoms with van der Waals surface area (Å²) < 4.78 is 6.50. The third-order valence-electron chi connectivity index (χ3n) is 11.7.